The molecule has 0 aliphatic carbocycles. The molecule has 1 aromatic carbocycles. The van der Waals surface area contributed by atoms with Crippen molar-refractivity contribution >= 4 is 22.8 Å². The van der Waals surface area contributed by atoms with Crippen molar-refractivity contribution in [3.63, 3.8) is 0 Å². The number of hydrogen-bond donors (Lipinski definition) is 0. The van der Waals surface area contributed by atoms with Crippen molar-refractivity contribution in [2.45, 2.75) is 12.8 Å². The molecule has 4 heterocycles. The summed E-state index contributed by atoms with van der Waals surface area (Å²) in [4.78, 5) is 14.7. The Morgan fingerprint density at radius 1 is 1.20 bits per heavy atom. The van der Waals surface area contributed by atoms with Crippen LogP contribution in [0, 0.1) is 5.92 Å². The number of allylic oxidation sites excluding steroid dienone is 1. The summed E-state index contributed by atoms with van der Waals surface area (Å²) in [6.45, 7) is 2.07. The van der Waals surface area contributed by atoms with E-state index in [9.17, 15) is 4.79 Å². The van der Waals surface area contributed by atoms with Gasteiger partial charge in [-0.2, -0.15) is 0 Å². The first kappa shape index (κ1) is 11.8. The van der Waals surface area contributed by atoms with Crippen molar-refractivity contribution in [3.05, 3.63) is 41.7 Å². The molecule has 5 rings (SSSR count). The Hall–Kier alpha value is -2.03. The zero-order chi connectivity index (χ0) is 13.7. The summed E-state index contributed by atoms with van der Waals surface area (Å²) in [7, 11) is 2.06. The van der Waals surface area contributed by atoms with Crippen molar-refractivity contribution in [2.24, 2.45) is 13.0 Å². The van der Waals surface area contributed by atoms with E-state index in [-0.39, 0.29) is 5.92 Å². The van der Waals surface area contributed by atoms with E-state index in [4.69, 9.17) is 0 Å². The van der Waals surface area contributed by atoms with Gasteiger partial charge in [0.15, 0.2) is 5.78 Å². The molecule has 3 aliphatic heterocycles. The van der Waals surface area contributed by atoms with Gasteiger partial charge in [-0.15, -0.1) is 0 Å². The van der Waals surface area contributed by atoms with Gasteiger partial charge in [-0.25, -0.2) is 0 Å². The highest BCUT2D eigenvalue weighted by Crippen LogP contribution is 2.33. The minimum atomic E-state index is 0.265. The standard InChI is InChI=1S/C17H18N2O/c1-18-11-13(14-4-2-3-5-15(14)18)10-16-17(20)12-6-8-19(16)9-7-12/h2-5,10-12H,6-9H2,1H3. The minimum Gasteiger partial charge on any atom is -0.369 e. The van der Waals surface area contributed by atoms with Crippen molar-refractivity contribution in [3.8, 4) is 0 Å². The van der Waals surface area contributed by atoms with E-state index in [0.717, 1.165) is 37.2 Å². The number of fused-ring (bicyclic) bond motifs is 4. The van der Waals surface area contributed by atoms with Crippen LogP contribution < -0.4 is 0 Å². The topological polar surface area (TPSA) is 25.2 Å². The smallest absolute Gasteiger partial charge is 0.182 e. The highest BCUT2D eigenvalue weighted by molar-refractivity contribution is 6.04. The number of nitrogens with zero attached hydrogens (tertiary/aromatic N) is 2. The molecule has 1 aromatic heterocycles. The second-order valence-corrected chi connectivity index (χ2v) is 5.87. The molecular weight excluding hydrogens is 248 g/mol. The van der Waals surface area contributed by atoms with E-state index in [0.29, 0.717) is 5.78 Å². The third-order valence-corrected chi connectivity index (χ3v) is 4.68. The lowest BCUT2D eigenvalue weighted by Gasteiger charge is -2.41. The normalized spacial score (nSPS) is 21.4. The van der Waals surface area contributed by atoms with Crippen LogP contribution in [0.4, 0.5) is 0 Å². The second-order valence-electron chi connectivity index (χ2n) is 5.87. The highest BCUT2D eigenvalue weighted by atomic mass is 16.1. The summed E-state index contributed by atoms with van der Waals surface area (Å²) < 4.78 is 2.13. The summed E-state index contributed by atoms with van der Waals surface area (Å²) in [5.74, 6) is 0.608. The molecule has 0 saturated carbocycles. The molecule has 0 atom stereocenters. The first-order valence-corrected chi connectivity index (χ1v) is 7.29. The van der Waals surface area contributed by atoms with E-state index in [1.807, 2.05) is 0 Å². The number of rotatable bonds is 1. The van der Waals surface area contributed by atoms with Gasteiger partial charge in [-0.1, -0.05) is 18.2 Å². The maximum Gasteiger partial charge on any atom is 0.182 e. The Balaban J connectivity index is 1.84. The van der Waals surface area contributed by atoms with E-state index in [2.05, 4.69) is 53.1 Å². The third-order valence-electron chi connectivity index (χ3n) is 4.68. The number of aromatic nitrogens is 1. The van der Waals surface area contributed by atoms with Gasteiger partial charge >= 0.3 is 0 Å². The van der Waals surface area contributed by atoms with Crippen molar-refractivity contribution in [1.29, 1.82) is 0 Å². The molecule has 3 aliphatic rings. The summed E-state index contributed by atoms with van der Waals surface area (Å²) in [6, 6.07) is 8.35. The third kappa shape index (κ3) is 1.62. The molecule has 3 heteroatoms. The number of carbonyl (C=O) groups excluding carboxylic acids is 1. The molecule has 0 N–H and O–H groups in total. The second kappa shape index (κ2) is 4.23. The molecule has 3 saturated heterocycles. The lowest BCUT2D eigenvalue weighted by molar-refractivity contribution is -0.125. The molecule has 0 amide bonds. The van der Waals surface area contributed by atoms with Crippen LogP contribution in [0.3, 0.4) is 0 Å². The van der Waals surface area contributed by atoms with Gasteiger partial charge in [0.25, 0.3) is 0 Å². The molecule has 2 aromatic rings. The lowest BCUT2D eigenvalue weighted by atomic mass is 9.84. The SMILES string of the molecule is Cn1cc(C=C2C(=O)C3CCN2CC3)c2ccccc21. The number of Topliss-reactive ketones (excluding diaryl/α,β-unsaturated/α-hetero) is 1. The average molecular weight is 266 g/mol. The number of benzene rings is 1. The van der Waals surface area contributed by atoms with Crippen LogP contribution in [0.25, 0.3) is 17.0 Å². The van der Waals surface area contributed by atoms with Crippen LogP contribution in [-0.4, -0.2) is 28.3 Å². The molecule has 0 unspecified atom stereocenters. The Morgan fingerprint density at radius 2 is 1.95 bits per heavy atom. The summed E-state index contributed by atoms with van der Waals surface area (Å²) >= 11 is 0. The number of ketones is 1. The number of para-hydroxylation sites is 1. The number of hydrogen-bond acceptors (Lipinski definition) is 2. The highest BCUT2D eigenvalue weighted by Gasteiger charge is 2.36. The Labute approximate surface area is 118 Å². The van der Waals surface area contributed by atoms with Gasteiger partial charge in [0.1, 0.15) is 0 Å². The Kier molecular flexibility index (Phi) is 2.49. The number of carbonyl (C=O) groups is 1. The van der Waals surface area contributed by atoms with Crippen LogP contribution in [-0.2, 0) is 11.8 Å². The maximum absolute atomic E-state index is 12.4. The first-order chi connectivity index (χ1) is 9.74. The zero-order valence-electron chi connectivity index (χ0n) is 11.7. The van der Waals surface area contributed by atoms with Crippen LogP contribution in [0.15, 0.2) is 36.2 Å². The van der Waals surface area contributed by atoms with Crippen LogP contribution in [0.2, 0.25) is 0 Å². The minimum absolute atomic E-state index is 0.265. The monoisotopic (exact) mass is 266 g/mol. The van der Waals surface area contributed by atoms with E-state index >= 15 is 0 Å². The fraction of sp³-hybridized carbons (Fsp3) is 0.353. The predicted octanol–water partition coefficient (Wildman–Crippen LogP) is 2.81. The van der Waals surface area contributed by atoms with Crippen LogP contribution in [0.5, 0.6) is 0 Å². The molecule has 3 nitrogen and oxygen atoms in total. The van der Waals surface area contributed by atoms with E-state index < -0.39 is 0 Å². The summed E-state index contributed by atoms with van der Waals surface area (Å²) in [6.07, 6.45) is 6.28. The molecule has 3 fully saturated rings. The molecule has 2 bridgehead atoms. The lowest BCUT2D eigenvalue weighted by Crippen LogP contribution is -2.45. The van der Waals surface area contributed by atoms with Crippen LogP contribution in [0.1, 0.15) is 18.4 Å². The quantitative estimate of drug-likeness (QED) is 0.742. The largest absolute Gasteiger partial charge is 0.369 e. The van der Waals surface area contributed by atoms with Gasteiger partial charge in [-0.05, 0) is 25.0 Å². The van der Waals surface area contributed by atoms with Crippen molar-refractivity contribution in [1.82, 2.24) is 9.47 Å². The number of aryl methyl sites for hydroxylation is 1. The Bertz CT molecular complexity index is 718. The van der Waals surface area contributed by atoms with Gasteiger partial charge in [-0.3, -0.25) is 4.79 Å². The summed E-state index contributed by atoms with van der Waals surface area (Å²) in [5, 5.41) is 1.22. The molecule has 20 heavy (non-hydrogen) atoms. The van der Waals surface area contributed by atoms with Gasteiger partial charge in [0.05, 0.1) is 5.70 Å². The fourth-order valence-corrected chi connectivity index (χ4v) is 3.55. The van der Waals surface area contributed by atoms with E-state index in [1.165, 1.54) is 10.9 Å². The molecular formula is C17H18N2O. The van der Waals surface area contributed by atoms with Crippen LogP contribution >= 0.6 is 0 Å². The first-order valence-electron chi connectivity index (χ1n) is 7.29. The van der Waals surface area contributed by atoms with Gasteiger partial charge in [0, 0.05) is 48.7 Å². The zero-order valence-corrected chi connectivity index (χ0v) is 11.7. The molecule has 0 radical (unpaired) electrons. The predicted molar refractivity (Wildman–Crippen MR) is 80.2 cm³/mol. The van der Waals surface area contributed by atoms with Gasteiger partial charge < -0.3 is 9.47 Å². The van der Waals surface area contributed by atoms with Crippen molar-refractivity contribution < 1.29 is 4.79 Å². The average Bonchev–Trinajstić information content (AvgIpc) is 2.80. The number of piperidine rings is 3. The fourth-order valence-electron chi connectivity index (χ4n) is 3.55. The Morgan fingerprint density at radius 3 is 2.70 bits per heavy atom. The van der Waals surface area contributed by atoms with Crippen molar-refractivity contribution in [2.75, 3.05) is 13.1 Å². The maximum atomic E-state index is 12.4. The van der Waals surface area contributed by atoms with E-state index in [1.54, 1.807) is 0 Å². The summed E-state index contributed by atoms with van der Waals surface area (Å²) in [5.41, 5.74) is 3.28. The van der Waals surface area contributed by atoms with Gasteiger partial charge in [0.2, 0.25) is 0 Å². The molecule has 0 spiro atoms. The molecule has 102 valence electrons.